The van der Waals surface area contributed by atoms with Crippen LogP contribution in [0.5, 0.6) is 0 Å². The molecule has 0 aliphatic rings. The number of Topliss-reactive ketones (excluding diaryl/α,β-unsaturated/α-hetero) is 1. The smallest absolute Gasteiger partial charge is 0.269 e. The summed E-state index contributed by atoms with van der Waals surface area (Å²) in [4.78, 5) is 25.4. The molecule has 0 amide bonds. The van der Waals surface area contributed by atoms with Crippen molar-refractivity contribution in [3.05, 3.63) is 40.7 Å². The van der Waals surface area contributed by atoms with Crippen LogP contribution in [-0.4, -0.2) is 25.5 Å². The summed E-state index contributed by atoms with van der Waals surface area (Å²) in [5.41, 5.74) is 0.725. The standard InChI is InChI=1S/C13H14N4O3/c1-9(7-10(2)18)16-8-14-13(15-16)11-3-5-12(6-4-11)17(19)20/h3-6,8-9H,7H2,1-2H3. The fraction of sp³-hybridized carbons (Fsp3) is 0.308. The monoisotopic (exact) mass is 274 g/mol. The van der Waals surface area contributed by atoms with Gasteiger partial charge >= 0.3 is 0 Å². The minimum Gasteiger partial charge on any atom is -0.300 e. The first kappa shape index (κ1) is 13.9. The highest BCUT2D eigenvalue weighted by Gasteiger charge is 2.12. The lowest BCUT2D eigenvalue weighted by molar-refractivity contribution is -0.384. The Balaban J connectivity index is 2.20. The van der Waals surface area contributed by atoms with Gasteiger partial charge in [-0.3, -0.25) is 14.9 Å². The summed E-state index contributed by atoms with van der Waals surface area (Å²) < 4.78 is 1.62. The molecule has 0 saturated carbocycles. The summed E-state index contributed by atoms with van der Waals surface area (Å²) in [5, 5.41) is 14.9. The van der Waals surface area contributed by atoms with Gasteiger partial charge in [0.05, 0.1) is 11.0 Å². The first-order valence-corrected chi connectivity index (χ1v) is 6.13. The average Bonchev–Trinajstić information content (AvgIpc) is 2.87. The lowest BCUT2D eigenvalue weighted by atomic mass is 10.2. The highest BCUT2D eigenvalue weighted by Crippen LogP contribution is 2.20. The SMILES string of the molecule is CC(=O)CC(C)n1cnc(-c2ccc([N+](=O)[O-])cc2)n1. The van der Waals surface area contributed by atoms with Gasteiger partial charge in [-0.1, -0.05) is 0 Å². The zero-order chi connectivity index (χ0) is 14.7. The molecule has 1 unspecified atom stereocenters. The minimum atomic E-state index is -0.454. The summed E-state index contributed by atoms with van der Waals surface area (Å²) in [6.07, 6.45) is 1.95. The first-order valence-electron chi connectivity index (χ1n) is 6.13. The molecule has 0 saturated heterocycles. The van der Waals surface area contributed by atoms with E-state index in [1.54, 1.807) is 23.1 Å². The predicted molar refractivity (Wildman–Crippen MR) is 72.1 cm³/mol. The summed E-state index contributed by atoms with van der Waals surface area (Å²) in [7, 11) is 0. The molecule has 0 radical (unpaired) electrons. The van der Waals surface area contributed by atoms with Gasteiger partial charge in [-0.25, -0.2) is 9.67 Å². The van der Waals surface area contributed by atoms with Crippen LogP contribution in [0.3, 0.4) is 0 Å². The van der Waals surface area contributed by atoms with E-state index in [1.165, 1.54) is 19.1 Å². The largest absolute Gasteiger partial charge is 0.300 e. The number of nitro benzene ring substituents is 1. The molecule has 2 rings (SSSR count). The maximum Gasteiger partial charge on any atom is 0.269 e. The molecule has 1 aromatic carbocycles. The Morgan fingerprint density at radius 1 is 1.40 bits per heavy atom. The van der Waals surface area contributed by atoms with Crippen LogP contribution in [0.25, 0.3) is 11.4 Å². The molecule has 104 valence electrons. The van der Waals surface area contributed by atoms with Crippen LogP contribution in [0.15, 0.2) is 30.6 Å². The molecular formula is C13H14N4O3. The van der Waals surface area contributed by atoms with E-state index in [-0.39, 0.29) is 17.5 Å². The van der Waals surface area contributed by atoms with Crippen molar-refractivity contribution in [3.8, 4) is 11.4 Å². The second kappa shape index (κ2) is 5.60. The normalized spacial score (nSPS) is 12.1. The van der Waals surface area contributed by atoms with Gasteiger partial charge in [-0.05, 0) is 26.0 Å². The van der Waals surface area contributed by atoms with Gasteiger partial charge in [-0.15, -0.1) is 0 Å². The van der Waals surface area contributed by atoms with Crippen molar-refractivity contribution in [1.82, 2.24) is 14.8 Å². The molecule has 20 heavy (non-hydrogen) atoms. The molecular weight excluding hydrogens is 260 g/mol. The van der Waals surface area contributed by atoms with Gasteiger partial charge in [0.1, 0.15) is 12.1 Å². The number of ketones is 1. The van der Waals surface area contributed by atoms with Crippen molar-refractivity contribution in [2.24, 2.45) is 0 Å². The molecule has 2 aromatic rings. The Morgan fingerprint density at radius 2 is 2.05 bits per heavy atom. The van der Waals surface area contributed by atoms with E-state index in [2.05, 4.69) is 10.1 Å². The number of rotatable bonds is 5. The lowest BCUT2D eigenvalue weighted by Gasteiger charge is -2.08. The van der Waals surface area contributed by atoms with E-state index in [9.17, 15) is 14.9 Å². The van der Waals surface area contributed by atoms with Crippen LogP contribution in [-0.2, 0) is 4.79 Å². The number of aromatic nitrogens is 3. The molecule has 0 fully saturated rings. The van der Waals surface area contributed by atoms with E-state index in [1.807, 2.05) is 6.92 Å². The van der Waals surface area contributed by atoms with E-state index >= 15 is 0 Å². The van der Waals surface area contributed by atoms with E-state index < -0.39 is 4.92 Å². The molecule has 1 atom stereocenters. The van der Waals surface area contributed by atoms with Crippen molar-refractivity contribution in [2.45, 2.75) is 26.3 Å². The van der Waals surface area contributed by atoms with Gasteiger partial charge in [0.15, 0.2) is 5.82 Å². The summed E-state index contributed by atoms with van der Waals surface area (Å²) in [6, 6.07) is 5.97. The fourth-order valence-corrected chi connectivity index (χ4v) is 1.86. The van der Waals surface area contributed by atoms with E-state index in [4.69, 9.17) is 0 Å². The van der Waals surface area contributed by atoms with Gasteiger partial charge in [0, 0.05) is 24.1 Å². The molecule has 1 heterocycles. The second-order valence-electron chi connectivity index (χ2n) is 4.61. The van der Waals surface area contributed by atoms with Crippen molar-refractivity contribution in [1.29, 1.82) is 0 Å². The predicted octanol–water partition coefficient (Wildman–Crippen LogP) is 2.39. The molecule has 0 aliphatic carbocycles. The van der Waals surface area contributed by atoms with Crippen LogP contribution in [0.1, 0.15) is 26.3 Å². The molecule has 0 spiro atoms. The molecule has 7 heteroatoms. The summed E-state index contributed by atoms with van der Waals surface area (Å²) in [5.74, 6) is 0.570. The Bertz CT molecular complexity index is 633. The summed E-state index contributed by atoms with van der Waals surface area (Å²) in [6.45, 7) is 3.42. The topological polar surface area (TPSA) is 90.9 Å². The molecule has 0 bridgehead atoms. The third kappa shape index (κ3) is 3.05. The van der Waals surface area contributed by atoms with Gasteiger partial charge in [0.2, 0.25) is 0 Å². The second-order valence-corrected chi connectivity index (χ2v) is 4.61. The van der Waals surface area contributed by atoms with Crippen molar-refractivity contribution in [2.75, 3.05) is 0 Å². The molecule has 0 aliphatic heterocycles. The van der Waals surface area contributed by atoms with Crippen LogP contribution < -0.4 is 0 Å². The van der Waals surface area contributed by atoms with Crippen LogP contribution in [0.2, 0.25) is 0 Å². The maximum absolute atomic E-state index is 11.1. The van der Waals surface area contributed by atoms with E-state index in [0.29, 0.717) is 17.8 Å². The first-order chi connectivity index (χ1) is 9.47. The van der Waals surface area contributed by atoms with Crippen LogP contribution >= 0.6 is 0 Å². The molecule has 7 nitrogen and oxygen atoms in total. The summed E-state index contributed by atoms with van der Waals surface area (Å²) >= 11 is 0. The zero-order valence-corrected chi connectivity index (χ0v) is 11.2. The zero-order valence-electron chi connectivity index (χ0n) is 11.2. The van der Waals surface area contributed by atoms with Crippen molar-refractivity contribution in [3.63, 3.8) is 0 Å². The number of nitrogens with zero attached hydrogens (tertiary/aromatic N) is 4. The van der Waals surface area contributed by atoms with Gasteiger partial charge < -0.3 is 0 Å². The molecule has 1 aromatic heterocycles. The Hall–Kier alpha value is -2.57. The number of benzene rings is 1. The maximum atomic E-state index is 11.1. The third-order valence-corrected chi connectivity index (χ3v) is 2.88. The van der Waals surface area contributed by atoms with Crippen molar-refractivity contribution >= 4 is 11.5 Å². The fourth-order valence-electron chi connectivity index (χ4n) is 1.86. The highest BCUT2D eigenvalue weighted by molar-refractivity contribution is 5.75. The number of carbonyl (C=O) groups excluding carboxylic acids is 1. The van der Waals surface area contributed by atoms with Crippen LogP contribution in [0.4, 0.5) is 5.69 Å². The highest BCUT2D eigenvalue weighted by atomic mass is 16.6. The average molecular weight is 274 g/mol. The quantitative estimate of drug-likeness (QED) is 0.616. The Morgan fingerprint density at radius 3 is 2.60 bits per heavy atom. The lowest BCUT2D eigenvalue weighted by Crippen LogP contribution is -2.09. The van der Waals surface area contributed by atoms with Crippen molar-refractivity contribution < 1.29 is 9.72 Å². The minimum absolute atomic E-state index is 0.0260. The number of hydrogen-bond acceptors (Lipinski definition) is 5. The number of nitro groups is 1. The number of non-ortho nitro benzene ring substituents is 1. The molecule has 0 N–H and O–H groups in total. The third-order valence-electron chi connectivity index (χ3n) is 2.88. The number of hydrogen-bond donors (Lipinski definition) is 0. The van der Waals surface area contributed by atoms with Crippen LogP contribution in [0, 0.1) is 10.1 Å². The van der Waals surface area contributed by atoms with Gasteiger partial charge in [0.25, 0.3) is 5.69 Å². The van der Waals surface area contributed by atoms with E-state index in [0.717, 1.165) is 0 Å². The Labute approximate surface area is 115 Å². The Kier molecular flexibility index (Phi) is 3.88. The number of carbonyl (C=O) groups is 1. The van der Waals surface area contributed by atoms with Gasteiger partial charge in [-0.2, -0.15) is 5.10 Å².